The smallest absolute Gasteiger partial charge is 0.465 e. The number of fused-ring (bicyclic) bond motifs is 4. The lowest BCUT2D eigenvalue weighted by atomic mass is 9.78. The maximum absolute atomic E-state index is 12.2. The minimum Gasteiger partial charge on any atom is -0.465 e. The van der Waals surface area contributed by atoms with Gasteiger partial charge in [0, 0.05) is 59.7 Å². The normalized spacial score (nSPS) is 15.7. The molecule has 0 radical (unpaired) electrons. The van der Waals surface area contributed by atoms with Crippen molar-refractivity contribution < 1.29 is 41.6 Å². The minimum absolute atomic E-state index is 0.172. The van der Waals surface area contributed by atoms with Gasteiger partial charge in [0.1, 0.15) is 57.6 Å². The standard InChI is InChI=1S/C19H14N6O2.C19H17N5O3.C14H20BNO4.C11H9BrN4O/c26-18-13-9-11(1-4-14(13)20-10-21-18)17-16(22-19-24(17)7-8-27-19)15-5-6-25(23-15)12-2-3-12;1-26-18(25)13-10-11(2-5-14(13)20)17-16(21-19-23(17)8-9-27-19)15-6-7-24(22-15)12-3-4-12;1-13(2)14(3,4)20-15(19-13)9-6-7-11(16)10(8-9)12(17)18-5;12-10-9(13-11-15(10)5-6-17-11)8-3-4-16(14-8)7-1-2-7/h1,4-10,12H,2-3H2,(H,20,21,26);2,5-10,12H,3-4,20H2,1H3;6-8H,16H2,1-5H3;3-7H,1-2H2. The molecule has 10 aromatic heterocycles. The highest BCUT2D eigenvalue weighted by atomic mass is 79.9. The molecule has 91 heavy (non-hydrogen) atoms. The highest BCUT2D eigenvalue weighted by Crippen LogP contribution is 2.41. The van der Waals surface area contributed by atoms with Gasteiger partial charge in [0.25, 0.3) is 5.56 Å². The lowest BCUT2D eigenvalue weighted by Crippen LogP contribution is -2.41. The Hall–Kier alpha value is -10.3. The van der Waals surface area contributed by atoms with Gasteiger partial charge in [0.2, 0.25) is 0 Å². The Bertz CT molecular complexity index is 4950. The second-order valence-corrected chi connectivity index (χ2v) is 24.2. The first kappa shape index (κ1) is 58.4. The van der Waals surface area contributed by atoms with Gasteiger partial charge in [0.15, 0.2) is 0 Å². The maximum atomic E-state index is 12.2. The molecule has 0 spiro atoms. The molecular weight excluding hydrogens is 1230 g/mol. The maximum Gasteiger partial charge on any atom is 0.494 e. The average molecular weight is 1290 g/mol. The highest BCUT2D eigenvalue weighted by molar-refractivity contribution is 9.10. The third-order valence-electron chi connectivity index (χ3n) is 16.7. The van der Waals surface area contributed by atoms with Gasteiger partial charge in [-0.15, -0.1) is 0 Å². The number of hydrogen-bond acceptors (Lipinski definition) is 19. The van der Waals surface area contributed by atoms with Crippen LogP contribution in [0.3, 0.4) is 0 Å². The second-order valence-electron chi connectivity index (χ2n) is 23.5. The number of benzene rings is 3. The van der Waals surface area contributed by atoms with Crippen molar-refractivity contribution in [1.82, 2.24) is 67.5 Å². The van der Waals surface area contributed by atoms with Crippen molar-refractivity contribution in [3.05, 3.63) is 161 Å². The van der Waals surface area contributed by atoms with Crippen molar-refractivity contribution in [2.45, 2.75) is 95.5 Å². The summed E-state index contributed by atoms with van der Waals surface area (Å²) in [6, 6.07) is 23.4. The van der Waals surface area contributed by atoms with Crippen LogP contribution in [0.1, 0.15) is 105 Å². The fourth-order valence-corrected chi connectivity index (χ4v) is 11.2. The van der Waals surface area contributed by atoms with Gasteiger partial charge in [-0.25, -0.2) is 14.6 Å². The van der Waals surface area contributed by atoms with Gasteiger partial charge in [-0.1, -0.05) is 18.2 Å². The quantitative estimate of drug-likeness (QED) is 0.0615. The summed E-state index contributed by atoms with van der Waals surface area (Å²) in [4.78, 5) is 56.4. The van der Waals surface area contributed by atoms with Crippen LogP contribution >= 0.6 is 15.9 Å². The molecule has 462 valence electrons. The topological polar surface area (TPSA) is 314 Å². The van der Waals surface area contributed by atoms with Crippen LogP contribution in [0.15, 0.2) is 158 Å². The third kappa shape index (κ3) is 11.1. The number of rotatable bonds is 11. The van der Waals surface area contributed by atoms with E-state index in [4.69, 9.17) is 48.6 Å². The minimum atomic E-state index is -0.524. The number of carbonyl (C=O) groups excluding carboxylic acids is 2. The number of aromatic nitrogens is 14. The number of halogens is 1. The molecule has 3 saturated carbocycles. The van der Waals surface area contributed by atoms with Crippen LogP contribution < -0.4 is 22.5 Å². The number of nitrogen functional groups attached to an aromatic ring is 2. The predicted octanol–water partition coefficient (Wildman–Crippen LogP) is 10.4. The molecule has 5 N–H and O–H groups in total. The van der Waals surface area contributed by atoms with Gasteiger partial charge >= 0.3 is 36.6 Å². The molecule has 17 rings (SSSR count). The van der Waals surface area contributed by atoms with E-state index in [1.807, 2.05) is 128 Å². The van der Waals surface area contributed by atoms with E-state index >= 15 is 0 Å². The molecule has 4 fully saturated rings. The number of nitrogens with one attached hydrogen (secondary N) is 1. The number of esters is 2. The van der Waals surface area contributed by atoms with Gasteiger partial charge in [-0.2, -0.15) is 30.2 Å². The van der Waals surface area contributed by atoms with E-state index in [0.717, 1.165) is 73.9 Å². The molecule has 4 aliphatic rings. The molecule has 0 bridgehead atoms. The van der Waals surface area contributed by atoms with Crippen molar-refractivity contribution in [1.29, 1.82) is 0 Å². The summed E-state index contributed by atoms with van der Waals surface area (Å²) in [5.41, 5.74) is 21.4. The van der Waals surface area contributed by atoms with Crippen molar-refractivity contribution in [3.63, 3.8) is 0 Å². The van der Waals surface area contributed by atoms with Crippen LogP contribution in [0.4, 0.5) is 11.4 Å². The first-order valence-corrected chi connectivity index (χ1v) is 30.2. The van der Waals surface area contributed by atoms with E-state index in [-0.39, 0.29) is 5.56 Å². The summed E-state index contributed by atoms with van der Waals surface area (Å²) in [6.07, 6.45) is 24.7. The van der Waals surface area contributed by atoms with Gasteiger partial charge < -0.3 is 48.5 Å². The largest absolute Gasteiger partial charge is 0.494 e. The number of aromatic amines is 1. The summed E-state index contributed by atoms with van der Waals surface area (Å²) in [6.45, 7) is 7.91. The Morgan fingerprint density at radius 2 is 1.02 bits per heavy atom. The van der Waals surface area contributed by atoms with Crippen molar-refractivity contribution in [2.75, 3.05) is 25.7 Å². The predicted molar refractivity (Wildman–Crippen MR) is 339 cm³/mol. The SMILES string of the molecule is Brc1c(-c2ccn(C3CC3)n2)nc2occn12.COC(=O)c1cc(-c2c(-c3ccn(C4CC4)n3)nc3occn23)ccc1N.COC(=O)c1cc(B2OC(C)(C)C(C)(C)O2)ccc1N.O=c1[nH]cnc2ccc(-c3c(-c4ccn(C5CC5)n4)nc4occn34)cc12. The molecule has 28 heteroatoms. The molecule has 0 amide bonds. The van der Waals surface area contributed by atoms with Crippen LogP contribution in [0.25, 0.3) is 85.1 Å². The van der Waals surface area contributed by atoms with Crippen LogP contribution in [0.2, 0.25) is 0 Å². The fraction of sp³-hybridized carbons (Fsp3) is 0.270. The van der Waals surface area contributed by atoms with Crippen molar-refractivity contribution in [3.8, 4) is 56.7 Å². The van der Waals surface area contributed by atoms with E-state index in [1.54, 1.807) is 55.3 Å². The zero-order chi connectivity index (χ0) is 63.0. The zero-order valence-corrected chi connectivity index (χ0v) is 51.8. The van der Waals surface area contributed by atoms with Crippen LogP contribution in [0, 0.1) is 0 Å². The van der Waals surface area contributed by atoms with E-state index in [9.17, 15) is 14.4 Å². The van der Waals surface area contributed by atoms with Gasteiger partial charge in [-0.3, -0.25) is 32.0 Å². The molecule has 0 atom stereocenters. The van der Waals surface area contributed by atoms with E-state index in [1.165, 1.54) is 46.2 Å². The van der Waals surface area contributed by atoms with Gasteiger partial charge in [0.05, 0.1) is 83.3 Å². The first-order chi connectivity index (χ1) is 43.9. The number of anilines is 2. The van der Waals surface area contributed by atoms with Crippen molar-refractivity contribution in [2.24, 2.45) is 0 Å². The number of hydrogen-bond donors (Lipinski definition) is 3. The molecule has 0 unspecified atom stereocenters. The molecular formula is C63H60BBrN16O10. The molecule has 1 aliphatic heterocycles. The molecule has 3 aromatic carbocycles. The second kappa shape index (κ2) is 22.9. The summed E-state index contributed by atoms with van der Waals surface area (Å²) < 4.78 is 50.1. The van der Waals surface area contributed by atoms with E-state index in [0.29, 0.717) is 74.8 Å². The number of nitrogens with zero attached hydrogens (tertiary/aromatic N) is 13. The van der Waals surface area contributed by atoms with Crippen LogP contribution in [-0.2, 0) is 18.8 Å². The average Bonchev–Trinajstić information content (AvgIpc) is 3.68. The monoisotopic (exact) mass is 1290 g/mol. The van der Waals surface area contributed by atoms with E-state index in [2.05, 4.69) is 51.0 Å². The summed E-state index contributed by atoms with van der Waals surface area (Å²) >= 11 is 3.52. The molecule has 11 heterocycles. The number of nitrogens with two attached hydrogens (primary N) is 2. The molecule has 26 nitrogen and oxygen atoms in total. The number of methoxy groups -OCH3 is 2. The van der Waals surface area contributed by atoms with Gasteiger partial charge in [-0.05, 0) is 142 Å². The Morgan fingerprint density at radius 1 is 0.582 bits per heavy atom. The van der Waals surface area contributed by atoms with Crippen LogP contribution in [0.5, 0.6) is 0 Å². The number of imidazole rings is 3. The summed E-state index contributed by atoms with van der Waals surface area (Å²) in [5.74, 6) is 0.564. The number of ether oxygens (including phenoxy) is 2. The Kier molecular flexibility index (Phi) is 14.7. The molecule has 13 aromatic rings. The molecule has 3 aliphatic carbocycles. The zero-order valence-electron chi connectivity index (χ0n) is 50.2. The Labute approximate surface area is 526 Å². The Morgan fingerprint density at radius 3 is 1.52 bits per heavy atom. The third-order valence-corrected chi connectivity index (χ3v) is 17.5. The number of H-pyrrole nitrogens is 1. The number of oxazole rings is 3. The fourth-order valence-electron chi connectivity index (χ4n) is 10.6. The first-order valence-electron chi connectivity index (χ1n) is 29.4. The molecule has 1 saturated heterocycles. The summed E-state index contributed by atoms with van der Waals surface area (Å²) in [5, 5.41) is 14.5. The number of carbonyl (C=O) groups is 2. The highest BCUT2D eigenvalue weighted by Gasteiger charge is 2.52. The lowest BCUT2D eigenvalue weighted by molar-refractivity contribution is 0.00578. The van der Waals surface area contributed by atoms with E-state index < -0.39 is 30.3 Å². The lowest BCUT2D eigenvalue weighted by Gasteiger charge is -2.32. The summed E-state index contributed by atoms with van der Waals surface area (Å²) in [7, 11) is 2.13. The van der Waals surface area contributed by atoms with Crippen LogP contribution in [-0.4, -0.2) is 112 Å². The van der Waals surface area contributed by atoms with Crippen molar-refractivity contribution >= 4 is 80.3 Å². The Balaban J connectivity index is 0.000000107.